The Morgan fingerprint density at radius 3 is 2.21 bits per heavy atom. The third-order valence-electron chi connectivity index (χ3n) is 3.97. The first-order chi connectivity index (χ1) is 9.01. The standard InChI is InChI=1S/C16H15B.C2H6/c1-10-8-12-11-6-4-5-7-13(11)16(2,3)14(12)9-15(10)17;1-2/h4-9H,1-3H3;1-2H3. The van der Waals surface area contributed by atoms with Crippen LogP contribution in [0.1, 0.15) is 44.4 Å². The fraction of sp³-hybridized carbons (Fsp3) is 0.333. The molecule has 1 aliphatic carbocycles. The van der Waals surface area contributed by atoms with Crippen LogP contribution in [-0.2, 0) is 5.41 Å². The van der Waals surface area contributed by atoms with Gasteiger partial charge in [-0.2, -0.15) is 0 Å². The molecule has 0 atom stereocenters. The van der Waals surface area contributed by atoms with Crippen LogP contribution in [0.25, 0.3) is 11.1 Å². The quantitative estimate of drug-likeness (QED) is 0.615. The minimum absolute atomic E-state index is 0.0632. The molecule has 1 aliphatic rings. The van der Waals surface area contributed by atoms with Gasteiger partial charge in [-0.15, -0.1) is 0 Å². The SMILES string of the molecule is CC.[B]c1cc2c(cc1C)-c1ccccc1C2(C)C. The first-order valence-corrected chi connectivity index (χ1v) is 7.02. The van der Waals surface area contributed by atoms with Crippen molar-refractivity contribution in [2.45, 2.75) is 40.0 Å². The second kappa shape index (κ2) is 4.88. The van der Waals surface area contributed by atoms with Crippen LogP contribution in [0.2, 0.25) is 0 Å². The van der Waals surface area contributed by atoms with E-state index >= 15 is 0 Å². The molecule has 2 radical (unpaired) electrons. The Kier molecular flexibility index (Phi) is 3.58. The first kappa shape index (κ1) is 13.9. The van der Waals surface area contributed by atoms with Gasteiger partial charge in [0.05, 0.1) is 0 Å². The summed E-state index contributed by atoms with van der Waals surface area (Å²) in [6.07, 6.45) is 0. The van der Waals surface area contributed by atoms with Gasteiger partial charge < -0.3 is 0 Å². The second-order valence-corrected chi connectivity index (χ2v) is 5.42. The smallest absolute Gasteiger partial charge is 0.0935 e. The molecule has 0 nitrogen and oxygen atoms in total. The molecule has 0 aliphatic heterocycles. The molecule has 96 valence electrons. The maximum atomic E-state index is 6.05. The molecule has 19 heavy (non-hydrogen) atoms. The fourth-order valence-corrected chi connectivity index (χ4v) is 2.87. The van der Waals surface area contributed by atoms with Crippen molar-refractivity contribution in [1.82, 2.24) is 0 Å². The Hall–Kier alpha value is -1.50. The molecule has 3 rings (SSSR count). The molecule has 0 fully saturated rings. The highest BCUT2D eigenvalue weighted by Gasteiger charge is 2.35. The van der Waals surface area contributed by atoms with Crippen LogP contribution in [-0.4, -0.2) is 7.85 Å². The Bertz CT molecular complexity index is 609. The summed E-state index contributed by atoms with van der Waals surface area (Å²) in [5.41, 5.74) is 7.57. The van der Waals surface area contributed by atoms with Gasteiger partial charge in [0.2, 0.25) is 0 Å². The van der Waals surface area contributed by atoms with Gasteiger partial charge in [-0.05, 0) is 29.2 Å². The lowest BCUT2D eigenvalue weighted by atomic mass is 9.79. The molecule has 2 aromatic rings. The summed E-state index contributed by atoms with van der Waals surface area (Å²) < 4.78 is 0. The highest BCUT2D eigenvalue weighted by atomic mass is 14.4. The van der Waals surface area contributed by atoms with Crippen molar-refractivity contribution < 1.29 is 0 Å². The molecule has 0 N–H and O–H groups in total. The van der Waals surface area contributed by atoms with Crippen molar-refractivity contribution >= 4 is 13.3 Å². The zero-order chi connectivity index (χ0) is 14.2. The van der Waals surface area contributed by atoms with Crippen LogP contribution in [0.5, 0.6) is 0 Å². The van der Waals surface area contributed by atoms with Gasteiger partial charge in [-0.25, -0.2) is 0 Å². The summed E-state index contributed by atoms with van der Waals surface area (Å²) in [6, 6.07) is 13.0. The van der Waals surface area contributed by atoms with E-state index in [9.17, 15) is 0 Å². The number of benzene rings is 2. The highest BCUT2D eigenvalue weighted by Crippen LogP contribution is 2.48. The van der Waals surface area contributed by atoms with Gasteiger partial charge in [0.15, 0.2) is 0 Å². The average Bonchev–Trinajstić information content (AvgIpc) is 2.63. The maximum absolute atomic E-state index is 6.05. The third kappa shape index (κ3) is 2.02. The summed E-state index contributed by atoms with van der Waals surface area (Å²) >= 11 is 0. The van der Waals surface area contributed by atoms with Gasteiger partial charge in [0, 0.05) is 5.41 Å². The molecule has 0 bridgehead atoms. The lowest BCUT2D eigenvalue weighted by Crippen LogP contribution is -2.18. The number of fused-ring (bicyclic) bond motifs is 3. The first-order valence-electron chi connectivity index (χ1n) is 7.02. The van der Waals surface area contributed by atoms with Crippen LogP contribution in [0.4, 0.5) is 0 Å². The molecule has 0 unspecified atom stereocenters. The van der Waals surface area contributed by atoms with Gasteiger partial charge in [-0.1, -0.05) is 75.1 Å². The molecule has 0 amide bonds. The Labute approximate surface area is 118 Å². The van der Waals surface area contributed by atoms with Crippen LogP contribution in [0, 0.1) is 6.92 Å². The summed E-state index contributed by atoms with van der Waals surface area (Å²) in [4.78, 5) is 0. The molecule has 0 aromatic heterocycles. The van der Waals surface area contributed by atoms with E-state index in [0.717, 1.165) is 11.0 Å². The lowest BCUT2D eigenvalue weighted by Gasteiger charge is -2.22. The predicted molar refractivity (Wildman–Crippen MR) is 85.5 cm³/mol. The van der Waals surface area contributed by atoms with E-state index in [2.05, 4.69) is 57.2 Å². The van der Waals surface area contributed by atoms with Crippen molar-refractivity contribution in [1.29, 1.82) is 0 Å². The molecule has 0 saturated carbocycles. The van der Waals surface area contributed by atoms with Crippen molar-refractivity contribution in [3.63, 3.8) is 0 Å². The highest BCUT2D eigenvalue weighted by molar-refractivity contribution is 6.33. The van der Waals surface area contributed by atoms with Crippen molar-refractivity contribution in [3.8, 4) is 11.1 Å². The maximum Gasteiger partial charge on any atom is 0.114 e. The van der Waals surface area contributed by atoms with Crippen LogP contribution in [0.3, 0.4) is 0 Å². The summed E-state index contributed by atoms with van der Waals surface area (Å²) in [5.74, 6) is 0. The molecular formula is C18H21B. The Balaban J connectivity index is 0.000000637. The largest absolute Gasteiger partial charge is 0.114 e. The van der Waals surface area contributed by atoms with Crippen molar-refractivity contribution in [2.75, 3.05) is 0 Å². The Morgan fingerprint density at radius 1 is 0.895 bits per heavy atom. The predicted octanol–water partition coefficient (Wildman–Crippen LogP) is 4.12. The molecule has 1 heteroatoms. The van der Waals surface area contributed by atoms with E-state index in [4.69, 9.17) is 7.85 Å². The van der Waals surface area contributed by atoms with E-state index in [-0.39, 0.29) is 5.41 Å². The van der Waals surface area contributed by atoms with Crippen LogP contribution >= 0.6 is 0 Å². The minimum Gasteiger partial charge on any atom is -0.0935 e. The topological polar surface area (TPSA) is 0 Å². The van der Waals surface area contributed by atoms with E-state index in [0.29, 0.717) is 0 Å². The Morgan fingerprint density at radius 2 is 1.53 bits per heavy atom. The normalized spacial score (nSPS) is 14.2. The third-order valence-corrected chi connectivity index (χ3v) is 3.97. The molecule has 0 saturated heterocycles. The average molecular weight is 248 g/mol. The summed E-state index contributed by atoms with van der Waals surface area (Å²) in [5, 5.41) is 0. The zero-order valence-corrected chi connectivity index (χ0v) is 12.5. The van der Waals surface area contributed by atoms with Gasteiger partial charge in [0.25, 0.3) is 0 Å². The number of rotatable bonds is 0. The molecular weight excluding hydrogens is 227 g/mol. The van der Waals surface area contributed by atoms with Gasteiger partial charge in [-0.3, -0.25) is 0 Å². The second-order valence-electron chi connectivity index (χ2n) is 5.42. The van der Waals surface area contributed by atoms with E-state index in [1.165, 1.54) is 22.3 Å². The van der Waals surface area contributed by atoms with Crippen LogP contribution in [0.15, 0.2) is 36.4 Å². The zero-order valence-electron chi connectivity index (χ0n) is 12.5. The summed E-state index contributed by atoms with van der Waals surface area (Å²) in [7, 11) is 6.05. The lowest BCUT2D eigenvalue weighted by molar-refractivity contribution is 0.661. The monoisotopic (exact) mass is 248 g/mol. The number of hydrogen-bond acceptors (Lipinski definition) is 0. The van der Waals surface area contributed by atoms with E-state index < -0.39 is 0 Å². The van der Waals surface area contributed by atoms with E-state index in [1.807, 2.05) is 13.8 Å². The van der Waals surface area contributed by atoms with E-state index in [1.54, 1.807) is 0 Å². The fourth-order valence-electron chi connectivity index (χ4n) is 2.87. The van der Waals surface area contributed by atoms with Crippen LogP contribution < -0.4 is 5.46 Å². The molecule has 0 heterocycles. The van der Waals surface area contributed by atoms with Gasteiger partial charge in [0.1, 0.15) is 7.85 Å². The summed E-state index contributed by atoms with van der Waals surface area (Å²) in [6.45, 7) is 10.6. The van der Waals surface area contributed by atoms with Crippen molar-refractivity contribution in [2.24, 2.45) is 0 Å². The molecule has 0 spiro atoms. The minimum atomic E-state index is 0.0632. The van der Waals surface area contributed by atoms with Crippen molar-refractivity contribution in [3.05, 3.63) is 53.1 Å². The molecule has 2 aromatic carbocycles. The number of hydrogen-bond donors (Lipinski definition) is 0. The number of aryl methyl sites for hydroxylation is 1. The van der Waals surface area contributed by atoms with Gasteiger partial charge >= 0.3 is 0 Å².